The summed E-state index contributed by atoms with van der Waals surface area (Å²) in [7, 11) is -9.28. The van der Waals surface area contributed by atoms with Crippen molar-refractivity contribution < 1.29 is 17.2 Å². The molecule has 0 rings (SSSR count). The average molecular weight is 321 g/mol. The minimum atomic E-state index is -3.40. The molecule has 0 saturated carbocycles. The first-order valence-corrected chi connectivity index (χ1v) is 17.5. The molecule has 0 aromatic rings. The smallest absolute Gasteiger partial charge is 0.331 e. The summed E-state index contributed by atoms with van der Waals surface area (Å²) in [5.41, 5.74) is 0. The first kappa shape index (κ1) is 21.7. The van der Waals surface area contributed by atoms with E-state index in [1.54, 1.807) is 0 Å². The summed E-state index contributed by atoms with van der Waals surface area (Å²) in [6.45, 7) is 17.9. The van der Waals surface area contributed by atoms with Crippen molar-refractivity contribution in [2.24, 2.45) is 0 Å². The average Bonchev–Trinajstić information content (AvgIpc) is 1.65. The molecule has 0 aromatic carbocycles. The molecule has 0 spiro atoms. The normalized spacial score (nSPS) is 14.3. The van der Waals surface area contributed by atoms with Crippen LogP contribution in [-0.2, 0) is 17.2 Å². The molecule has 0 aliphatic carbocycles. The van der Waals surface area contributed by atoms with Crippen LogP contribution in [0, 0.1) is 0 Å². The van der Waals surface area contributed by atoms with Crippen LogP contribution in [0.5, 0.6) is 0 Å². The summed E-state index contributed by atoms with van der Waals surface area (Å²) in [4.78, 5) is 0. The molecule has 105 valence electrons. The van der Waals surface area contributed by atoms with E-state index in [-0.39, 0.29) is 18.9 Å². The van der Waals surface area contributed by atoms with E-state index < -0.39 is 32.8 Å². The summed E-state index contributed by atoms with van der Waals surface area (Å²) in [5, 5.41) is 0. The van der Waals surface area contributed by atoms with Crippen LogP contribution < -0.4 is 0 Å². The van der Waals surface area contributed by atoms with Crippen LogP contribution in [0.3, 0.4) is 0 Å². The van der Waals surface area contributed by atoms with E-state index in [1.165, 1.54) is 0 Å². The summed E-state index contributed by atoms with van der Waals surface area (Å²) in [6, 6.07) is 0. The molecule has 0 saturated heterocycles. The van der Waals surface area contributed by atoms with Crippen LogP contribution >= 0.6 is 7.82 Å². The van der Waals surface area contributed by atoms with Crippen molar-refractivity contribution in [3.05, 3.63) is 0 Å². The van der Waals surface area contributed by atoms with E-state index in [1.807, 2.05) is 58.9 Å². The van der Waals surface area contributed by atoms with E-state index in [0.717, 1.165) is 0 Å². The molecular weight excluding hydrogens is 294 g/mol. The van der Waals surface area contributed by atoms with E-state index in [4.69, 9.17) is 12.6 Å². The second-order valence-electron chi connectivity index (χ2n) is 7.06. The fourth-order valence-electron chi connectivity index (χ4n) is 1.06. The summed E-state index contributed by atoms with van der Waals surface area (Å²) in [5.74, 6) is 0. The standard InChI is InChI=1S/C9H27O4PSi3.Li/c1-15(2,3)11-14(10,12-16(4,5)6)13-17(7,8)9;/h1-9H3;. The molecule has 0 N–H and O–H groups in total. The van der Waals surface area contributed by atoms with Crippen molar-refractivity contribution >= 4 is 51.6 Å². The molecule has 0 bridgehead atoms. The number of hydrogen-bond acceptors (Lipinski definition) is 4. The van der Waals surface area contributed by atoms with Crippen LogP contribution in [0.1, 0.15) is 0 Å². The molecule has 4 nitrogen and oxygen atoms in total. The number of rotatable bonds is 6. The van der Waals surface area contributed by atoms with Crippen LogP contribution in [-0.4, -0.2) is 43.8 Å². The van der Waals surface area contributed by atoms with Crippen molar-refractivity contribution in [3.8, 4) is 0 Å². The molecule has 0 unspecified atom stereocenters. The van der Waals surface area contributed by atoms with Gasteiger partial charge in [0, 0.05) is 18.9 Å². The monoisotopic (exact) mass is 321 g/mol. The molecule has 0 aromatic heterocycles. The zero-order valence-corrected chi connectivity index (χ0v) is 17.5. The molecule has 0 amide bonds. The molecule has 18 heavy (non-hydrogen) atoms. The Morgan fingerprint density at radius 1 is 0.611 bits per heavy atom. The van der Waals surface area contributed by atoms with Crippen LogP contribution in [0.2, 0.25) is 58.9 Å². The van der Waals surface area contributed by atoms with Crippen molar-refractivity contribution in [2.45, 2.75) is 58.9 Å². The van der Waals surface area contributed by atoms with Gasteiger partial charge in [0.05, 0.1) is 0 Å². The van der Waals surface area contributed by atoms with Crippen molar-refractivity contribution in [1.29, 1.82) is 0 Å². The maximum Gasteiger partial charge on any atom is 0.445 e. The molecular formula is C9H27LiO4PSi3. The van der Waals surface area contributed by atoms with Gasteiger partial charge in [-0.25, -0.2) is 4.57 Å². The molecule has 1 radical (unpaired) electrons. The molecule has 9 heteroatoms. The SMILES string of the molecule is C[Si](C)(C)OP(=O)(O[Si](C)(C)C)O[Si](C)(C)C.[Li]. The quantitative estimate of drug-likeness (QED) is 0.541. The Bertz CT molecular complexity index is 259. The Hall–Kier alpha value is 1.36. The third-order valence-corrected chi connectivity index (χ3v) is 10.4. The third-order valence-electron chi connectivity index (χ3n) is 1.16. The van der Waals surface area contributed by atoms with E-state index in [9.17, 15) is 4.57 Å². The van der Waals surface area contributed by atoms with Crippen LogP contribution in [0.15, 0.2) is 0 Å². The number of phosphoric acid groups is 1. The third kappa shape index (κ3) is 12.4. The fourth-order valence-corrected chi connectivity index (χ4v) is 10.6. The Morgan fingerprint density at radius 2 is 0.778 bits per heavy atom. The largest absolute Gasteiger partial charge is 0.445 e. The van der Waals surface area contributed by atoms with Gasteiger partial charge in [0.15, 0.2) is 25.0 Å². The van der Waals surface area contributed by atoms with Gasteiger partial charge in [-0.2, -0.15) is 0 Å². The number of hydrogen-bond donors (Lipinski definition) is 0. The zero-order chi connectivity index (χ0) is 14.1. The first-order valence-electron chi connectivity index (χ1n) is 5.84. The maximum atomic E-state index is 12.7. The molecule has 0 heterocycles. The van der Waals surface area contributed by atoms with Crippen LogP contribution in [0.4, 0.5) is 0 Å². The zero-order valence-electron chi connectivity index (χ0n) is 13.6. The van der Waals surface area contributed by atoms with Gasteiger partial charge in [-0.05, 0) is 58.9 Å². The van der Waals surface area contributed by atoms with Gasteiger partial charge >= 0.3 is 7.82 Å². The van der Waals surface area contributed by atoms with Gasteiger partial charge in [0.1, 0.15) is 0 Å². The van der Waals surface area contributed by atoms with E-state index >= 15 is 0 Å². The predicted octanol–water partition coefficient (Wildman–Crippen LogP) is 4.27. The Balaban J connectivity index is 0. The van der Waals surface area contributed by atoms with Crippen molar-refractivity contribution in [2.75, 3.05) is 0 Å². The fraction of sp³-hybridized carbons (Fsp3) is 1.00. The Morgan fingerprint density at radius 3 is 0.889 bits per heavy atom. The molecule has 0 fully saturated rings. The minimum Gasteiger partial charge on any atom is -0.331 e. The van der Waals surface area contributed by atoms with E-state index in [0.29, 0.717) is 0 Å². The minimum absolute atomic E-state index is 0. The predicted molar refractivity (Wildman–Crippen MR) is 86.7 cm³/mol. The Kier molecular flexibility index (Phi) is 8.27. The van der Waals surface area contributed by atoms with Crippen molar-refractivity contribution in [3.63, 3.8) is 0 Å². The van der Waals surface area contributed by atoms with Crippen LogP contribution in [0.25, 0.3) is 0 Å². The topological polar surface area (TPSA) is 44.8 Å². The van der Waals surface area contributed by atoms with Gasteiger partial charge in [-0.15, -0.1) is 0 Å². The molecule has 0 atom stereocenters. The summed E-state index contributed by atoms with van der Waals surface area (Å²) < 4.78 is 29.8. The van der Waals surface area contributed by atoms with Gasteiger partial charge in [0.25, 0.3) is 0 Å². The first-order chi connectivity index (χ1) is 7.12. The second-order valence-corrected chi connectivity index (χ2v) is 22.8. The van der Waals surface area contributed by atoms with Gasteiger partial charge in [0.2, 0.25) is 0 Å². The van der Waals surface area contributed by atoms with Gasteiger partial charge in [-0.3, -0.25) is 0 Å². The maximum absolute atomic E-state index is 12.7. The van der Waals surface area contributed by atoms with Gasteiger partial charge in [-0.1, -0.05) is 0 Å². The Labute approximate surface area is 127 Å². The summed E-state index contributed by atoms with van der Waals surface area (Å²) in [6.07, 6.45) is 0. The van der Waals surface area contributed by atoms with E-state index in [2.05, 4.69) is 0 Å². The molecule has 0 aliphatic heterocycles. The van der Waals surface area contributed by atoms with Crippen molar-refractivity contribution in [1.82, 2.24) is 0 Å². The summed E-state index contributed by atoms with van der Waals surface area (Å²) >= 11 is 0. The molecule has 0 aliphatic rings. The van der Waals surface area contributed by atoms with Gasteiger partial charge < -0.3 is 12.6 Å². The second kappa shape index (κ2) is 6.88.